The second kappa shape index (κ2) is 7.41. The molecule has 4 rings (SSSR count). The molecule has 3 aromatic rings. The van der Waals surface area contributed by atoms with Gasteiger partial charge in [-0.25, -0.2) is 9.37 Å². The normalized spacial score (nSPS) is 16.2. The lowest BCUT2D eigenvalue weighted by Crippen LogP contribution is -2.32. The molecule has 1 fully saturated rings. The number of anilines is 1. The van der Waals surface area contributed by atoms with E-state index in [2.05, 4.69) is 32.9 Å². The van der Waals surface area contributed by atoms with Gasteiger partial charge in [-0.2, -0.15) is 9.61 Å². The van der Waals surface area contributed by atoms with E-state index in [-0.39, 0.29) is 5.82 Å². The van der Waals surface area contributed by atoms with Gasteiger partial charge in [0.1, 0.15) is 11.6 Å². The maximum atomic E-state index is 14.0. The number of nitrogens with zero attached hydrogens (tertiary/aromatic N) is 5. The van der Waals surface area contributed by atoms with Crippen LogP contribution >= 0.6 is 0 Å². The van der Waals surface area contributed by atoms with Crippen molar-refractivity contribution in [3.05, 3.63) is 59.7 Å². The van der Waals surface area contributed by atoms with E-state index in [1.807, 2.05) is 22.7 Å². The van der Waals surface area contributed by atoms with Crippen molar-refractivity contribution >= 4 is 11.5 Å². The second-order valence-corrected chi connectivity index (χ2v) is 6.77. The Morgan fingerprint density at radius 1 is 1.08 bits per heavy atom. The smallest absolute Gasteiger partial charge is 0.157 e. The fourth-order valence-corrected chi connectivity index (χ4v) is 3.58. The summed E-state index contributed by atoms with van der Waals surface area (Å²) >= 11 is 0. The Morgan fingerprint density at radius 2 is 1.96 bits per heavy atom. The summed E-state index contributed by atoms with van der Waals surface area (Å²) in [5.41, 5.74) is 2.75. The predicted molar refractivity (Wildman–Crippen MR) is 101 cm³/mol. The lowest BCUT2D eigenvalue weighted by molar-refractivity contribution is 0.281. The molecule has 0 atom stereocenters. The number of rotatable bonds is 4. The molecule has 1 aliphatic rings. The highest BCUT2D eigenvalue weighted by atomic mass is 19.1. The van der Waals surface area contributed by atoms with E-state index in [0.29, 0.717) is 6.54 Å². The predicted octanol–water partition coefficient (Wildman–Crippen LogP) is 3.14. The molecule has 1 aliphatic heterocycles. The van der Waals surface area contributed by atoms with Crippen LogP contribution in [-0.2, 0) is 13.0 Å². The van der Waals surface area contributed by atoms with Gasteiger partial charge in [-0.15, -0.1) is 0 Å². The number of aromatic nitrogens is 3. The van der Waals surface area contributed by atoms with Crippen LogP contribution in [0, 0.1) is 5.82 Å². The van der Waals surface area contributed by atoms with Gasteiger partial charge in [0, 0.05) is 56.1 Å². The number of hydrogen-bond donors (Lipinski definition) is 0. The topological polar surface area (TPSA) is 36.7 Å². The summed E-state index contributed by atoms with van der Waals surface area (Å²) in [6.45, 7) is 6.53. The van der Waals surface area contributed by atoms with Crippen molar-refractivity contribution in [2.75, 3.05) is 31.1 Å². The van der Waals surface area contributed by atoms with Gasteiger partial charge in [0.05, 0.1) is 6.20 Å². The molecule has 1 aromatic carbocycles. The highest BCUT2D eigenvalue weighted by Crippen LogP contribution is 2.20. The molecule has 5 nitrogen and oxygen atoms in total. The van der Waals surface area contributed by atoms with E-state index in [0.717, 1.165) is 61.7 Å². The van der Waals surface area contributed by atoms with E-state index >= 15 is 0 Å². The standard InChI is InChI=1S/C20H24FN5/c1-2-17-14-20(26-19(23-17)8-9-22-26)25-11-5-10-24(12-13-25)15-16-6-3-4-7-18(16)21/h3-4,6-9,14H,2,5,10-13,15H2,1H3. The number of aryl methyl sites for hydroxylation is 1. The zero-order valence-electron chi connectivity index (χ0n) is 15.1. The average molecular weight is 353 g/mol. The molecule has 26 heavy (non-hydrogen) atoms. The van der Waals surface area contributed by atoms with Crippen LogP contribution in [0.4, 0.5) is 10.2 Å². The minimum atomic E-state index is -0.117. The maximum absolute atomic E-state index is 14.0. The van der Waals surface area contributed by atoms with Crippen LogP contribution in [0.1, 0.15) is 24.6 Å². The Hall–Kier alpha value is -2.47. The van der Waals surface area contributed by atoms with Crippen LogP contribution in [0.25, 0.3) is 5.65 Å². The Morgan fingerprint density at radius 3 is 2.81 bits per heavy atom. The molecular formula is C20H24FN5. The summed E-state index contributed by atoms with van der Waals surface area (Å²) in [4.78, 5) is 9.35. The van der Waals surface area contributed by atoms with Crippen LogP contribution in [-0.4, -0.2) is 45.7 Å². The SMILES string of the molecule is CCc1cc(N2CCCN(Cc3ccccc3F)CC2)n2nccc2n1. The first-order valence-corrected chi connectivity index (χ1v) is 9.29. The third-order valence-electron chi connectivity index (χ3n) is 5.02. The number of halogens is 1. The Bertz CT molecular complexity index is 891. The summed E-state index contributed by atoms with van der Waals surface area (Å²) in [5.74, 6) is 0.984. The van der Waals surface area contributed by atoms with E-state index in [1.165, 1.54) is 6.07 Å². The number of fused-ring (bicyclic) bond motifs is 1. The third kappa shape index (κ3) is 3.42. The first kappa shape index (κ1) is 17.0. The molecule has 2 aromatic heterocycles. The van der Waals surface area contributed by atoms with Gasteiger partial charge in [-0.3, -0.25) is 4.90 Å². The van der Waals surface area contributed by atoms with Crippen molar-refractivity contribution in [3.8, 4) is 0 Å². The molecule has 1 saturated heterocycles. The second-order valence-electron chi connectivity index (χ2n) is 6.77. The van der Waals surface area contributed by atoms with Crippen molar-refractivity contribution < 1.29 is 4.39 Å². The van der Waals surface area contributed by atoms with E-state index in [9.17, 15) is 4.39 Å². The quantitative estimate of drug-likeness (QED) is 0.722. The van der Waals surface area contributed by atoms with Gasteiger partial charge < -0.3 is 4.90 Å². The van der Waals surface area contributed by atoms with Crippen molar-refractivity contribution in [2.24, 2.45) is 0 Å². The molecule has 3 heterocycles. The number of benzene rings is 1. The molecule has 0 bridgehead atoms. The Labute approximate surface area is 153 Å². The molecule has 0 spiro atoms. The van der Waals surface area contributed by atoms with Gasteiger partial charge in [-0.05, 0) is 18.9 Å². The highest BCUT2D eigenvalue weighted by molar-refractivity contribution is 5.51. The summed E-state index contributed by atoms with van der Waals surface area (Å²) in [6.07, 6.45) is 3.75. The van der Waals surface area contributed by atoms with E-state index in [4.69, 9.17) is 0 Å². The molecule has 0 unspecified atom stereocenters. The monoisotopic (exact) mass is 353 g/mol. The highest BCUT2D eigenvalue weighted by Gasteiger charge is 2.19. The summed E-state index contributed by atoms with van der Waals surface area (Å²) in [7, 11) is 0. The summed E-state index contributed by atoms with van der Waals surface area (Å²) < 4.78 is 15.9. The summed E-state index contributed by atoms with van der Waals surface area (Å²) in [6, 6.07) is 11.2. The van der Waals surface area contributed by atoms with Crippen molar-refractivity contribution in [2.45, 2.75) is 26.3 Å². The molecule has 6 heteroatoms. The lowest BCUT2D eigenvalue weighted by atomic mass is 10.2. The van der Waals surface area contributed by atoms with E-state index in [1.54, 1.807) is 12.3 Å². The minimum absolute atomic E-state index is 0.117. The molecule has 0 aliphatic carbocycles. The van der Waals surface area contributed by atoms with Crippen LogP contribution in [0.2, 0.25) is 0 Å². The Kier molecular flexibility index (Phi) is 4.84. The van der Waals surface area contributed by atoms with Crippen molar-refractivity contribution in [1.82, 2.24) is 19.5 Å². The van der Waals surface area contributed by atoms with Crippen molar-refractivity contribution in [3.63, 3.8) is 0 Å². The van der Waals surface area contributed by atoms with Crippen LogP contribution in [0.3, 0.4) is 0 Å². The van der Waals surface area contributed by atoms with Crippen LogP contribution < -0.4 is 4.90 Å². The zero-order valence-corrected chi connectivity index (χ0v) is 15.1. The maximum Gasteiger partial charge on any atom is 0.157 e. The van der Waals surface area contributed by atoms with Gasteiger partial charge in [0.2, 0.25) is 0 Å². The van der Waals surface area contributed by atoms with Gasteiger partial charge in [-0.1, -0.05) is 25.1 Å². The largest absolute Gasteiger partial charge is 0.355 e. The van der Waals surface area contributed by atoms with E-state index < -0.39 is 0 Å². The minimum Gasteiger partial charge on any atom is -0.355 e. The molecule has 0 saturated carbocycles. The van der Waals surface area contributed by atoms with Gasteiger partial charge in [0.15, 0.2) is 5.65 Å². The fraction of sp³-hybridized carbons (Fsp3) is 0.400. The lowest BCUT2D eigenvalue weighted by Gasteiger charge is -2.24. The van der Waals surface area contributed by atoms with Crippen LogP contribution in [0.15, 0.2) is 42.6 Å². The zero-order chi connectivity index (χ0) is 17.9. The molecular weight excluding hydrogens is 329 g/mol. The summed E-state index contributed by atoms with van der Waals surface area (Å²) in [5, 5.41) is 4.45. The molecule has 0 amide bonds. The third-order valence-corrected chi connectivity index (χ3v) is 5.02. The number of hydrogen-bond acceptors (Lipinski definition) is 4. The molecule has 0 N–H and O–H groups in total. The van der Waals surface area contributed by atoms with Crippen molar-refractivity contribution in [1.29, 1.82) is 0 Å². The Balaban J connectivity index is 1.52. The van der Waals surface area contributed by atoms with Gasteiger partial charge in [0.25, 0.3) is 0 Å². The molecule has 0 radical (unpaired) electrons. The first-order chi connectivity index (χ1) is 12.7. The fourth-order valence-electron chi connectivity index (χ4n) is 3.58. The average Bonchev–Trinajstić information content (AvgIpc) is 3.01. The molecule has 136 valence electrons. The van der Waals surface area contributed by atoms with Crippen LogP contribution in [0.5, 0.6) is 0 Å². The van der Waals surface area contributed by atoms with Gasteiger partial charge >= 0.3 is 0 Å². The first-order valence-electron chi connectivity index (χ1n) is 9.29.